The summed E-state index contributed by atoms with van der Waals surface area (Å²) in [5, 5.41) is 3.36. The summed E-state index contributed by atoms with van der Waals surface area (Å²) < 4.78 is 0. The first-order valence-corrected chi connectivity index (χ1v) is 4.87. The van der Waals surface area contributed by atoms with Gasteiger partial charge in [0.15, 0.2) is 0 Å². The van der Waals surface area contributed by atoms with Gasteiger partial charge in [0.1, 0.15) is 5.82 Å². The summed E-state index contributed by atoms with van der Waals surface area (Å²) in [5.74, 6) is 0.914. The van der Waals surface area contributed by atoms with Crippen molar-refractivity contribution in [1.29, 1.82) is 0 Å². The second-order valence-electron chi connectivity index (χ2n) is 3.42. The molecule has 0 spiro atoms. The number of hydrogen-bond donors (Lipinski definition) is 1. The van der Waals surface area contributed by atoms with Crippen LogP contribution in [0, 0.1) is 6.92 Å². The van der Waals surface area contributed by atoms with E-state index in [0.717, 1.165) is 31.8 Å². The molecule has 70 valence electrons. The normalized spacial score (nSPS) is 15.5. The van der Waals surface area contributed by atoms with E-state index in [4.69, 9.17) is 0 Å². The van der Waals surface area contributed by atoms with Crippen LogP contribution in [0.2, 0.25) is 0 Å². The van der Waals surface area contributed by atoms with Crippen LogP contribution in [-0.4, -0.2) is 16.5 Å². The third kappa shape index (κ3) is 1.56. The van der Waals surface area contributed by atoms with Crippen LogP contribution in [0.4, 0.5) is 0 Å². The second kappa shape index (κ2) is 3.42. The monoisotopic (exact) mass is 177 g/mol. The molecule has 0 unspecified atom stereocenters. The summed E-state index contributed by atoms with van der Waals surface area (Å²) in [7, 11) is 0. The van der Waals surface area contributed by atoms with Gasteiger partial charge in [-0.2, -0.15) is 0 Å². The van der Waals surface area contributed by atoms with Gasteiger partial charge in [-0.15, -0.1) is 0 Å². The minimum Gasteiger partial charge on any atom is -0.312 e. The van der Waals surface area contributed by atoms with Gasteiger partial charge < -0.3 is 5.32 Å². The van der Waals surface area contributed by atoms with E-state index in [0.29, 0.717) is 0 Å². The maximum absolute atomic E-state index is 4.47. The Morgan fingerprint density at radius 2 is 2.23 bits per heavy atom. The second-order valence-corrected chi connectivity index (χ2v) is 3.42. The number of aromatic nitrogens is 2. The van der Waals surface area contributed by atoms with Crippen LogP contribution in [0.25, 0.3) is 0 Å². The first-order chi connectivity index (χ1) is 6.31. The van der Waals surface area contributed by atoms with E-state index < -0.39 is 0 Å². The van der Waals surface area contributed by atoms with Crippen molar-refractivity contribution in [1.82, 2.24) is 15.3 Å². The van der Waals surface area contributed by atoms with Crippen molar-refractivity contribution in [2.45, 2.75) is 33.2 Å². The first kappa shape index (κ1) is 8.63. The minimum absolute atomic E-state index is 0.914. The summed E-state index contributed by atoms with van der Waals surface area (Å²) in [5.41, 5.74) is 3.80. The zero-order valence-electron chi connectivity index (χ0n) is 8.22. The molecule has 0 atom stereocenters. The third-order valence-electron chi connectivity index (χ3n) is 2.47. The molecule has 3 heteroatoms. The summed E-state index contributed by atoms with van der Waals surface area (Å²) in [6, 6.07) is 0. The molecule has 0 aliphatic carbocycles. The minimum atomic E-state index is 0.914. The highest BCUT2D eigenvalue weighted by Gasteiger charge is 2.14. The maximum atomic E-state index is 4.47. The smallest absolute Gasteiger partial charge is 0.125 e. The lowest BCUT2D eigenvalue weighted by atomic mass is 10.0. The van der Waals surface area contributed by atoms with Crippen molar-refractivity contribution in [2.24, 2.45) is 0 Å². The lowest BCUT2D eigenvalue weighted by molar-refractivity contribution is 0.613. The molecule has 2 heterocycles. The highest BCUT2D eigenvalue weighted by atomic mass is 14.9. The lowest BCUT2D eigenvalue weighted by Gasteiger charge is -2.18. The zero-order valence-corrected chi connectivity index (χ0v) is 8.22. The van der Waals surface area contributed by atoms with Crippen molar-refractivity contribution in [3.05, 3.63) is 22.8 Å². The molecule has 2 rings (SSSR count). The van der Waals surface area contributed by atoms with Gasteiger partial charge >= 0.3 is 0 Å². The molecule has 1 aliphatic rings. The molecular formula is C10H15N3. The fraction of sp³-hybridized carbons (Fsp3) is 0.600. The lowest BCUT2D eigenvalue weighted by Crippen LogP contribution is -2.26. The van der Waals surface area contributed by atoms with Crippen molar-refractivity contribution in [3.63, 3.8) is 0 Å². The van der Waals surface area contributed by atoms with Gasteiger partial charge in [0.2, 0.25) is 0 Å². The van der Waals surface area contributed by atoms with E-state index in [2.05, 4.69) is 22.2 Å². The average Bonchev–Trinajstić information content (AvgIpc) is 2.16. The van der Waals surface area contributed by atoms with Crippen LogP contribution >= 0.6 is 0 Å². The van der Waals surface area contributed by atoms with Crippen LogP contribution in [0.1, 0.15) is 29.7 Å². The molecule has 0 amide bonds. The number of nitrogens with zero attached hydrogens (tertiary/aromatic N) is 2. The summed E-state index contributed by atoms with van der Waals surface area (Å²) in [6.45, 7) is 6.11. The van der Waals surface area contributed by atoms with Gasteiger partial charge in [0.25, 0.3) is 0 Å². The molecule has 3 nitrogen and oxygen atoms in total. The van der Waals surface area contributed by atoms with Crippen LogP contribution in [0.3, 0.4) is 0 Å². The Morgan fingerprint density at radius 1 is 1.38 bits per heavy atom. The predicted octanol–water partition coefficient (Wildman–Crippen LogP) is 0.993. The molecule has 0 radical (unpaired) electrons. The van der Waals surface area contributed by atoms with Crippen LogP contribution < -0.4 is 5.32 Å². The molecule has 1 aromatic heterocycles. The molecule has 0 fully saturated rings. The van der Waals surface area contributed by atoms with Gasteiger partial charge in [0.05, 0.1) is 5.69 Å². The van der Waals surface area contributed by atoms with Crippen molar-refractivity contribution in [2.75, 3.05) is 6.54 Å². The Balaban J connectivity index is 2.50. The Kier molecular flexibility index (Phi) is 2.27. The molecule has 1 aromatic rings. The van der Waals surface area contributed by atoms with Gasteiger partial charge in [-0.1, -0.05) is 6.92 Å². The molecule has 0 saturated heterocycles. The molecule has 0 bridgehead atoms. The number of fused-ring (bicyclic) bond motifs is 1. The number of aryl methyl sites for hydroxylation is 2. The molecule has 1 aliphatic heterocycles. The quantitative estimate of drug-likeness (QED) is 0.695. The molecule has 0 aromatic carbocycles. The summed E-state index contributed by atoms with van der Waals surface area (Å²) in [4.78, 5) is 8.93. The highest BCUT2D eigenvalue weighted by Crippen LogP contribution is 2.15. The van der Waals surface area contributed by atoms with Crippen LogP contribution in [-0.2, 0) is 19.4 Å². The Morgan fingerprint density at radius 3 is 3.00 bits per heavy atom. The Hall–Kier alpha value is -0.960. The SMILES string of the molecule is CCc1nc(C)nc2c1CNCC2. The molecule has 13 heavy (non-hydrogen) atoms. The maximum Gasteiger partial charge on any atom is 0.125 e. The fourth-order valence-electron chi connectivity index (χ4n) is 1.84. The predicted molar refractivity (Wildman–Crippen MR) is 51.6 cm³/mol. The molecular weight excluding hydrogens is 162 g/mol. The van der Waals surface area contributed by atoms with Crippen molar-refractivity contribution in [3.8, 4) is 0 Å². The van der Waals surface area contributed by atoms with Gasteiger partial charge in [-0.3, -0.25) is 0 Å². The van der Waals surface area contributed by atoms with Gasteiger partial charge in [0, 0.05) is 30.8 Å². The van der Waals surface area contributed by atoms with Gasteiger partial charge in [-0.05, 0) is 13.3 Å². The Labute approximate surface area is 78.6 Å². The highest BCUT2D eigenvalue weighted by molar-refractivity contribution is 5.28. The summed E-state index contributed by atoms with van der Waals surface area (Å²) in [6.07, 6.45) is 2.05. The van der Waals surface area contributed by atoms with Crippen LogP contribution in [0.5, 0.6) is 0 Å². The molecule has 0 saturated carbocycles. The van der Waals surface area contributed by atoms with Crippen molar-refractivity contribution >= 4 is 0 Å². The van der Waals surface area contributed by atoms with E-state index >= 15 is 0 Å². The van der Waals surface area contributed by atoms with E-state index in [-0.39, 0.29) is 0 Å². The number of nitrogens with one attached hydrogen (secondary N) is 1. The molecule has 1 N–H and O–H groups in total. The van der Waals surface area contributed by atoms with Crippen molar-refractivity contribution < 1.29 is 0 Å². The van der Waals surface area contributed by atoms with Crippen LogP contribution in [0.15, 0.2) is 0 Å². The standard InChI is InChI=1S/C10H15N3/c1-3-9-8-6-11-5-4-10(8)13-7(2)12-9/h11H,3-6H2,1-2H3. The van der Waals surface area contributed by atoms with Gasteiger partial charge in [-0.25, -0.2) is 9.97 Å². The van der Waals surface area contributed by atoms with E-state index in [9.17, 15) is 0 Å². The summed E-state index contributed by atoms with van der Waals surface area (Å²) >= 11 is 0. The number of hydrogen-bond acceptors (Lipinski definition) is 3. The third-order valence-corrected chi connectivity index (χ3v) is 2.47. The number of rotatable bonds is 1. The van der Waals surface area contributed by atoms with E-state index in [1.807, 2.05) is 6.92 Å². The van der Waals surface area contributed by atoms with E-state index in [1.54, 1.807) is 0 Å². The Bertz CT molecular complexity index is 303. The zero-order chi connectivity index (χ0) is 9.26. The van der Waals surface area contributed by atoms with E-state index in [1.165, 1.54) is 17.0 Å². The first-order valence-electron chi connectivity index (χ1n) is 4.87. The average molecular weight is 177 g/mol. The topological polar surface area (TPSA) is 37.8 Å². The largest absolute Gasteiger partial charge is 0.312 e. The fourth-order valence-corrected chi connectivity index (χ4v) is 1.84.